The van der Waals surface area contributed by atoms with E-state index >= 15 is 0 Å². The third-order valence-corrected chi connectivity index (χ3v) is 3.82. The Bertz CT molecular complexity index is 204. The number of hydrogen-bond acceptors (Lipinski definition) is 2. The maximum atomic E-state index is 8.80. The fourth-order valence-corrected chi connectivity index (χ4v) is 2.39. The average Bonchev–Trinajstić information content (AvgIpc) is 2.47. The van der Waals surface area contributed by atoms with Crippen LogP contribution in [0.1, 0.15) is 90.4 Å². The number of aliphatic hydroxyl groups excluding tert-OH is 1. The number of rotatable bonds is 15. The lowest BCUT2D eigenvalue weighted by molar-refractivity contribution is 0.257. The summed E-state index contributed by atoms with van der Waals surface area (Å²) in [6.45, 7) is 2.39. The summed E-state index contributed by atoms with van der Waals surface area (Å²) in [6, 6.07) is -0.00720. The van der Waals surface area contributed by atoms with Crippen LogP contribution in [-0.2, 0) is 0 Å². The third-order valence-electron chi connectivity index (χ3n) is 3.82. The largest absolute Gasteiger partial charge is 0.395 e. The van der Waals surface area contributed by atoms with Crippen molar-refractivity contribution >= 4 is 0 Å². The van der Waals surface area contributed by atoms with Crippen LogP contribution in [0.4, 0.5) is 0 Å². The molecule has 0 heterocycles. The monoisotopic (exact) mass is 283 g/mol. The van der Waals surface area contributed by atoms with Crippen molar-refractivity contribution in [1.29, 1.82) is 0 Å². The van der Waals surface area contributed by atoms with Gasteiger partial charge in [0.05, 0.1) is 6.61 Å². The molecule has 0 saturated heterocycles. The van der Waals surface area contributed by atoms with E-state index in [4.69, 9.17) is 10.8 Å². The molecule has 0 aliphatic heterocycles. The van der Waals surface area contributed by atoms with Crippen molar-refractivity contribution in [2.75, 3.05) is 6.61 Å². The van der Waals surface area contributed by atoms with Gasteiger partial charge in [0.2, 0.25) is 0 Å². The summed E-state index contributed by atoms with van der Waals surface area (Å²) in [7, 11) is 0. The molecule has 0 aromatic heterocycles. The fraction of sp³-hybridized carbons (Fsp3) is 0.889. The summed E-state index contributed by atoms with van der Waals surface area (Å²) in [5, 5.41) is 8.80. The van der Waals surface area contributed by atoms with Crippen molar-refractivity contribution in [2.24, 2.45) is 5.73 Å². The van der Waals surface area contributed by atoms with Gasteiger partial charge in [0.1, 0.15) is 0 Å². The number of allylic oxidation sites excluding steroid dienone is 2. The number of hydrogen-bond donors (Lipinski definition) is 2. The highest BCUT2D eigenvalue weighted by Crippen LogP contribution is 2.09. The highest BCUT2D eigenvalue weighted by molar-refractivity contribution is 4.81. The molecule has 3 N–H and O–H groups in total. The summed E-state index contributed by atoms with van der Waals surface area (Å²) in [5.74, 6) is 0. The first-order valence-corrected chi connectivity index (χ1v) is 8.82. The fourth-order valence-electron chi connectivity index (χ4n) is 2.39. The second kappa shape index (κ2) is 16.7. The van der Waals surface area contributed by atoms with Crippen molar-refractivity contribution < 1.29 is 5.11 Å². The van der Waals surface area contributed by atoms with Gasteiger partial charge in [-0.1, -0.05) is 70.4 Å². The van der Waals surface area contributed by atoms with Gasteiger partial charge in [-0.05, 0) is 32.1 Å². The third kappa shape index (κ3) is 15.7. The van der Waals surface area contributed by atoms with E-state index in [0.717, 1.165) is 12.8 Å². The molecule has 0 aromatic rings. The van der Waals surface area contributed by atoms with Gasteiger partial charge in [-0.25, -0.2) is 0 Å². The molecule has 0 spiro atoms. The maximum absolute atomic E-state index is 8.80. The van der Waals surface area contributed by atoms with Crippen LogP contribution in [0.15, 0.2) is 12.2 Å². The molecule has 0 saturated carbocycles. The Labute approximate surface area is 126 Å². The van der Waals surface area contributed by atoms with Crippen LogP contribution >= 0.6 is 0 Å². The first-order chi connectivity index (χ1) is 9.81. The van der Waals surface area contributed by atoms with Gasteiger partial charge < -0.3 is 10.8 Å². The van der Waals surface area contributed by atoms with Crippen molar-refractivity contribution in [3.05, 3.63) is 12.2 Å². The zero-order valence-electron chi connectivity index (χ0n) is 13.7. The number of unbranched alkanes of at least 4 members (excludes halogenated alkanes) is 10. The molecule has 0 fully saturated rings. The van der Waals surface area contributed by atoms with Crippen LogP contribution in [0.2, 0.25) is 0 Å². The van der Waals surface area contributed by atoms with Gasteiger partial charge in [-0.2, -0.15) is 0 Å². The van der Waals surface area contributed by atoms with Crippen molar-refractivity contribution in [3.63, 3.8) is 0 Å². The highest BCUT2D eigenvalue weighted by Gasteiger charge is 1.98. The topological polar surface area (TPSA) is 46.2 Å². The zero-order chi connectivity index (χ0) is 14.9. The predicted octanol–water partition coefficient (Wildman–Crippen LogP) is 4.95. The number of aliphatic hydroxyl groups is 1. The minimum absolute atomic E-state index is 0.00720. The van der Waals surface area contributed by atoms with Crippen molar-refractivity contribution in [3.8, 4) is 0 Å². The zero-order valence-corrected chi connectivity index (χ0v) is 13.7. The Hall–Kier alpha value is -0.340. The Morgan fingerprint density at radius 3 is 1.85 bits per heavy atom. The molecule has 2 nitrogen and oxygen atoms in total. The molecule has 0 radical (unpaired) electrons. The molecular formula is C18H37NO. The SMILES string of the molecule is CCCCCCCC/C=C\CCCCCCC(N)CO. The van der Waals surface area contributed by atoms with Crippen molar-refractivity contribution in [1.82, 2.24) is 0 Å². The van der Waals surface area contributed by atoms with Gasteiger partial charge in [-0.3, -0.25) is 0 Å². The number of nitrogens with two attached hydrogens (primary N) is 1. The molecular weight excluding hydrogens is 246 g/mol. The van der Waals surface area contributed by atoms with Gasteiger partial charge in [0.15, 0.2) is 0 Å². The summed E-state index contributed by atoms with van der Waals surface area (Å²) in [4.78, 5) is 0. The average molecular weight is 283 g/mol. The minimum Gasteiger partial charge on any atom is -0.395 e. The lowest BCUT2D eigenvalue weighted by Crippen LogP contribution is -2.23. The van der Waals surface area contributed by atoms with Crippen LogP contribution in [0, 0.1) is 0 Å². The van der Waals surface area contributed by atoms with Gasteiger partial charge >= 0.3 is 0 Å². The Balaban J connectivity index is 3.09. The molecule has 0 amide bonds. The van der Waals surface area contributed by atoms with Gasteiger partial charge in [-0.15, -0.1) is 0 Å². The standard InChI is InChI=1S/C18H37NO/c1-2-3-4-5-6-7-8-9-10-11-12-13-14-15-16-18(19)17-20/h9-10,18,20H,2-8,11-17,19H2,1H3/b10-9-. The second-order valence-corrected chi connectivity index (χ2v) is 5.96. The Kier molecular flexibility index (Phi) is 16.4. The second-order valence-electron chi connectivity index (χ2n) is 5.96. The molecule has 0 rings (SSSR count). The van der Waals surface area contributed by atoms with E-state index in [1.54, 1.807) is 0 Å². The van der Waals surface area contributed by atoms with Crippen LogP contribution in [-0.4, -0.2) is 17.8 Å². The minimum atomic E-state index is -0.00720. The molecule has 0 aliphatic rings. The van der Waals surface area contributed by atoms with Crippen molar-refractivity contribution in [2.45, 2.75) is 96.4 Å². The smallest absolute Gasteiger partial charge is 0.0582 e. The quantitative estimate of drug-likeness (QED) is 0.330. The normalized spacial score (nSPS) is 13.2. The van der Waals surface area contributed by atoms with Crippen LogP contribution in [0.5, 0.6) is 0 Å². The lowest BCUT2D eigenvalue weighted by atomic mass is 10.1. The molecule has 0 aliphatic carbocycles. The van der Waals surface area contributed by atoms with E-state index < -0.39 is 0 Å². The van der Waals surface area contributed by atoms with E-state index in [-0.39, 0.29) is 12.6 Å². The first-order valence-electron chi connectivity index (χ1n) is 8.82. The van der Waals surface area contributed by atoms with E-state index in [0.29, 0.717) is 0 Å². The molecule has 0 bridgehead atoms. The molecule has 2 heteroatoms. The van der Waals surface area contributed by atoms with E-state index in [2.05, 4.69) is 19.1 Å². The van der Waals surface area contributed by atoms with Crippen LogP contribution in [0.3, 0.4) is 0 Å². The Morgan fingerprint density at radius 1 is 0.800 bits per heavy atom. The summed E-state index contributed by atoms with van der Waals surface area (Å²) >= 11 is 0. The predicted molar refractivity (Wildman–Crippen MR) is 89.9 cm³/mol. The van der Waals surface area contributed by atoms with Gasteiger partial charge in [0, 0.05) is 6.04 Å². The van der Waals surface area contributed by atoms with E-state index in [9.17, 15) is 0 Å². The van der Waals surface area contributed by atoms with E-state index in [1.807, 2.05) is 0 Å². The summed E-state index contributed by atoms with van der Waals surface area (Å²) in [6.07, 6.45) is 21.5. The van der Waals surface area contributed by atoms with Crippen LogP contribution in [0.25, 0.3) is 0 Å². The summed E-state index contributed by atoms with van der Waals surface area (Å²) < 4.78 is 0. The molecule has 1 atom stereocenters. The summed E-state index contributed by atoms with van der Waals surface area (Å²) in [5.41, 5.74) is 5.66. The first kappa shape index (κ1) is 19.7. The molecule has 120 valence electrons. The Morgan fingerprint density at radius 2 is 1.30 bits per heavy atom. The molecule has 1 unspecified atom stereocenters. The maximum Gasteiger partial charge on any atom is 0.0582 e. The lowest BCUT2D eigenvalue weighted by Gasteiger charge is -2.06. The molecule has 20 heavy (non-hydrogen) atoms. The van der Waals surface area contributed by atoms with Gasteiger partial charge in [0.25, 0.3) is 0 Å². The van der Waals surface area contributed by atoms with Crippen LogP contribution < -0.4 is 5.73 Å². The molecule has 0 aromatic carbocycles. The van der Waals surface area contributed by atoms with E-state index in [1.165, 1.54) is 70.6 Å². The highest BCUT2D eigenvalue weighted by atomic mass is 16.3.